The Morgan fingerprint density at radius 1 is 1.44 bits per heavy atom. The molecule has 25 heavy (non-hydrogen) atoms. The number of halogens is 1. The fourth-order valence-electron chi connectivity index (χ4n) is 3.14. The van der Waals surface area contributed by atoms with Crippen molar-refractivity contribution >= 4 is 38.2 Å². The van der Waals surface area contributed by atoms with Gasteiger partial charge in [-0.25, -0.2) is 13.4 Å². The van der Waals surface area contributed by atoms with Gasteiger partial charge in [0.2, 0.25) is 5.91 Å². The lowest BCUT2D eigenvalue weighted by molar-refractivity contribution is -0.133. The third-order valence-electron chi connectivity index (χ3n) is 4.40. The Kier molecular flexibility index (Phi) is 4.83. The second-order valence-electron chi connectivity index (χ2n) is 6.08. The van der Waals surface area contributed by atoms with E-state index in [1.165, 1.54) is 21.9 Å². The van der Waals surface area contributed by atoms with Crippen LogP contribution in [0.4, 0.5) is 0 Å². The van der Waals surface area contributed by atoms with Crippen molar-refractivity contribution in [1.82, 2.24) is 14.5 Å². The number of amides is 1. The van der Waals surface area contributed by atoms with Crippen LogP contribution in [0.1, 0.15) is 13.3 Å². The minimum Gasteiger partial charge on any atom is -0.337 e. The summed E-state index contributed by atoms with van der Waals surface area (Å²) in [6.45, 7) is 2.00. The molecule has 1 atom stereocenters. The SMILES string of the molecule is CCN(C(=O)Cn1cnc2ccc(Cl)cc2c1=O)[C@H]1CCS(=O)(=O)C1. The molecule has 2 heterocycles. The van der Waals surface area contributed by atoms with Gasteiger partial charge in [0, 0.05) is 17.6 Å². The monoisotopic (exact) mass is 383 g/mol. The average Bonchev–Trinajstić information content (AvgIpc) is 2.91. The molecule has 0 unspecified atom stereocenters. The van der Waals surface area contributed by atoms with Gasteiger partial charge in [0.15, 0.2) is 9.84 Å². The summed E-state index contributed by atoms with van der Waals surface area (Å²) in [5.41, 5.74) is 0.156. The van der Waals surface area contributed by atoms with Crippen LogP contribution < -0.4 is 5.56 Å². The van der Waals surface area contributed by atoms with E-state index >= 15 is 0 Å². The molecule has 0 saturated carbocycles. The molecule has 0 N–H and O–H groups in total. The van der Waals surface area contributed by atoms with Gasteiger partial charge in [-0.1, -0.05) is 11.6 Å². The Balaban J connectivity index is 1.86. The number of nitrogens with zero attached hydrogens (tertiary/aromatic N) is 3. The van der Waals surface area contributed by atoms with Crippen LogP contribution in [0.15, 0.2) is 29.3 Å². The number of hydrogen-bond acceptors (Lipinski definition) is 5. The van der Waals surface area contributed by atoms with Crippen molar-refractivity contribution in [3.63, 3.8) is 0 Å². The maximum absolute atomic E-state index is 12.6. The van der Waals surface area contributed by atoms with Crippen LogP contribution in [-0.2, 0) is 21.2 Å². The predicted octanol–water partition coefficient (Wildman–Crippen LogP) is 1.09. The van der Waals surface area contributed by atoms with Crippen LogP contribution in [0.3, 0.4) is 0 Å². The molecule has 134 valence electrons. The van der Waals surface area contributed by atoms with Gasteiger partial charge < -0.3 is 4.90 Å². The molecule has 1 saturated heterocycles. The van der Waals surface area contributed by atoms with E-state index in [1.54, 1.807) is 19.1 Å². The van der Waals surface area contributed by atoms with Gasteiger partial charge in [0.1, 0.15) is 6.54 Å². The maximum Gasteiger partial charge on any atom is 0.261 e. The highest BCUT2D eigenvalue weighted by Crippen LogP contribution is 2.18. The standard InChI is InChI=1S/C16H18ClN3O4S/c1-2-20(12-5-6-25(23,24)9-12)15(21)8-19-10-18-14-4-3-11(17)7-13(14)16(19)22/h3-4,7,10,12H,2,5-6,8-9H2,1H3/t12-/m0/s1. The highest BCUT2D eigenvalue weighted by Gasteiger charge is 2.33. The van der Waals surface area contributed by atoms with Gasteiger partial charge >= 0.3 is 0 Å². The number of likely N-dealkylation sites (N-methyl/N-ethyl adjacent to an activating group) is 1. The van der Waals surface area contributed by atoms with Gasteiger partial charge in [-0.05, 0) is 31.5 Å². The number of carbonyl (C=O) groups excluding carboxylic acids is 1. The van der Waals surface area contributed by atoms with Crippen molar-refractivity contribution in [2.45, 2.75) is 25.9 Å². The summed E-state index contributed by atoms with van der Waals surface area (Å²) in [6.07, 6.45) is 1.76. The van der Waals surface area contributed by atoms with E-state index in [0.717, 1.165) is 0 Å². The van der Waals surface area contributed by atoms with Crippen molar-refractivity contribution in [2.24, 2.45) is 0 Å². The molecule has 1 aromatic heterocycles. The second-order valence-corrected chi connectivity index (χ2v) is 8.74. The lowest BCUT2D eigenvalue weighted by Crippen LogP contribution is -2.43. The van der Waals surface area contributed by atoms with E-state index in [4.69, 9.17) is 11.6 Å². The minimum atomic E-state index is -3.09. The first kappa shape index (κ1) is 17.9. The Bertz CT molecular complexity index is 987. The van der Waals surface area contributed by atoms with Gasteiger partial charge in [-0.15, -0.1) is 0 Å². The van der Waals surface area contributed by atoms with E-state index < -0.39 is 9.84 Å². The highest BCUT2D eigenvalue weighted by atomic mass is 35.5. The first-order valence-corrected chi connectivity index (χ1v) is 10.2. The number of sulfone groups is 1. The van der Waals surface area contributed by atoms with Crippen molar-refractivity contribution < 1.29 is 13.2 Å². The van der Waals surface area contributed by atoms with Crippen LogP contribution in [0.2, 0.25) is 5.02 Å². The normalized spacial score (nSPS) is 19.2. The maximum atomic E-state index is 12.6. The molecule has 1 aliphatic rings. The molecule has 1 amide bonds. The molecule has 1 aromatic carbocycles. The fourth-order valence-corrected chi connectivity index (χ4v) is 5.04. The molecule has 3 rings (SSSR count). The highest BCUT2D eigenvalue weighted by molar-refractivity contribution is 7.91. The zero-order valence-corrected chi connectivity index (χ0v) is 15.3. The summed E-state index contributed by atoms with van der Waals surface area (Å²) < 4.78 is 24.5. The predicted molar refractivity (Wildman–Crippen MR) is 95.5 cm³/mol. The molecular weight excluding hydrogens is 366 g/mol. The van der Waals surface area contributed by atoms with Crippen molar-refractivity contribution in [1.29, 1.82) is 0 Å². The zero-order chi connectivity index (χ0) is 18.2. The minimum absolute atomic E-state index is 0.0208. The third-order valence-corrected chi connectivity index (χ3v) is 6.39. The summed E-state index contributed by atoms with van der Waals surface area (Å²) in [7, 11) is -3.09. The fraction of sp³-hybridized carbons (Fsp3) is 0.438. The molecule has 1 aliphatic heterocycles. The van der Waals surface area contributed by atoms with Gasteiger partial charge in [-0.3, -0.25) is 14.2 Å². The smallest absolute Gasteiger partial charge is 0.261 e. The number of fused-ring (bicyclic) bond motifs is 1. The number of rotatable bonds is 4. The Morgan fingerprint density at radius 3 is 2.84 bits per heavy atom. The lowest BCUT2D eigenvalue weighted by atomic mass is 10.2. The summed E-state index contributed by atoms with van der Waals surface area (Å²) >= 11 is 5.93. The Labute approximate surface area is 150 Å². The molecule has 1 fully saturated rings. The average molecular weight is 384 g/mol. The largest absolute Gasteiger partial charge is 0.337 e. The molecule has 0 spiro atoms. The van der Waals surface area contributed by atoms with E-state index in [0.29, 0.717) is 28.9 Å². The quantitative estimate of drug-likeness (QED) is 0.788. The van der Waals surface area contributed by atoms with E-state index in [9.17, 15) is 18.0 Å². The number of aromatic nitrogens is 2. The number of hydrogen-bond donors (Lipinski definition) is 0. The number of carbonyl (C=O) groups is 1. The molecule has 0 radical (unpaired) electrons. The van der Waals surface area contributed by atoms with Gasteiger partial charge in [0.05, 0.1) is 28.7 Å². The van der Waals surface area contributed by atoms with Crippen LogP contribution in [0, 0.1) is 0 Å². The zero-order valence-electron chi connectivity index (χ0n) is 13.7. The van der Waals surface area contributed by atoms with Crippen LogP contribution in [0.5, 0.6) is 0 Å². The van der Waals surface area contributed by atoms with Gasteiger partial charge in [-0.2, -0.15) is 0 Å². The van der Waals surface area contributed by atoms with Crippen molar-refractivity contribution in [2.75, 3.05) is 18.1 Å². The lowest BCUT2D eigenvalue weighted by Gasteiger charge is -2.27. The molecule has 0 aliphatic carbocycles. The molecule has 7 nitrogen and oxygen atoms in total. The molecule has 9 heteroatoms. The van der Waals surface area contributed by atoms with Crippen molar-refractivity contribution in [3.8, 4) is 0 Å². The third kappa shape index (κ3) is 3.69. The molecular formula is C16H18ClN3O4S. The van der Waals surface area contributed by atoms with Gasteiger partial charge in [0.25, 0.3) is 5.56 Å². The van der Waals surface area contributed by atoms with Crippen LogP contribution >= 0.6 is 11.6 Å². The van der Waals surface area contributed by atoms with E-state index in [2.05, 4.69) is 4.98 Å². The van der Waals surface area contributed by atoms with Crippen molar-refractivity contribution in [3.05, 3.63) is 39.9 Å². The molecule has 2 aromatic rings. The van der Waals surface area contributed by atoms with E-state index in [1.807, 2.05) is 0 Å². The Morgan fingerprint density at radius 2 is 2.20 bits per heavy atom. The second kappa shape index (κ2) is 6.76. The summed E-state index contributed by atoms with van der Waals surface area (Å²) in [5.74, 6) is -0.223. The first-order chi connectivity index (χ1) is 11.8. The van der Waals surface area contributed by atoms with Crippen LogP contribution in [-0.4, -0.2) is 52.9 Å². The van der Waals surface area contributed by atoms with E-state index in [-0.39, 0.29) is 35.6 Å². The summed E-state index contributed by atoms with van der Waals surface area (Å²) in [6, 6.07) is 4.48. The molecule has 0 bridgehead atoms. The topological polar surface area (TPSA) is 89.3 Å². The number of benzene rings is 1. The first-order valence-electron chi connectivity index (χ1n) is 7.95. The summed E-state index contributed by atoms with van der Waals surface area (Å²) in [5, 5.41) is 0.760. The Hall–Kier alpha value is -1.93. The summed E-state index contributed by atoms with van der Waals surface area (Å²) in [4.78, 5) is 30.9. The van der Waals surface area contributed by atoms with Crippen LogP contribution in [0.25, 0.3) is 10.9 Å².